The first-order valence-electron chi connectivity index (χ1n) is 6.28. The number of hydrogen-bond acceptors (Lipinski definition) is 4. The molecule has 0 unspecified atom stereocenters. The summed E-state index contributed by atoms with van der Waals surface area (Å²) in [5.74, 6) is 0. The van der Waals surface area contributed by atoms with Crippen molar-refractivity contribution in [2.45, 2.75) is 51.8 Å². The van der Waals surface area contributed by atoms with Crippen LogP contribution >= 0.6 is 0 Å². The molecule has 0 N–H and O–H groups in total. The molecule has 2 rings (SSSR count). The van der Waals surface area contributed by atoms with Crippen molar-refractivity contribution in [1.82, 2.24) is 19.7 Å². The highest BCUT2D eigenvalue weighted by Gasteiger charge is 2.32. The lowest BCUT2D eigenvalue weighted by Gasteiger charge is -2.28. The standard InChI is InChI=1S/C12H20N4O2/c1-12(2,3)18-11(17)16-6-4-5-10(16)7-15-9-13-8-14-15/h8-10H,4-7H2,1-3H3/t10-/m0/s1. The van der Waals surface area contributed by atoms with E-state index in [1.54, 1.807) is 15.9 Å². The maximum atomic E-state index is 12.1. The number of aromatic nitrogens is 3. The number of hydrogen-bond donors (Lipinski definition) is 0. The van der Waals surface area contributed by atoms with Gasteiger partial charge in [0.15, 0.2) is 0 Å². The van der Waals surface area contributed by atoms with Gasteiger partial charge in [-0.15, -0.1) is 0 Å². The Kier molecular flexibility index (Phi) is 3.54. The van der Waals surface area contributed by atoms with Crippen molar-refractivity contribution >= 4 is 6.09 Å². The summed E-state index contributed by atoms with van der Waals surface area (Å²) in [4.78, 5) is 17.8. The second-order valence-electron chi connectivity index (χ2n) is 5.59. The molecule has 100 valence electrons. The minimum Gasteiger partial charge on any atom is -0.444 e. The first kappa shape index (κ1) is 12.9. The van der Waals surface area contributed by atoms with E-state index in [1.165, 1.54) is 6.33 Å². The van der Waals surface area contributed by atoms with Gasteiger partial charge in [-0.1, -0.05) is 0 Å². The number of ether oxygens (including phenoxy) is 1. The maximum absolute atomic E-state index is 12.1. The minimum atomic E-state index is -0.447. The van der Waals surface area contributed by atoms with Crippen molar-refractivity contribution in [1.29, 1.82) is 0 Å². The second kappa shape index (κ2) is 4.96. The lowest BCUT2D eigenvalue weighted by molar-refractivity contribution is 0.0211. The number of carbonyl (C=O) groups is 1. The summed E-state index contributed by atoms with van der Waals surface area (Å²) < 4.78 is 7.17. The molecule has 1 saturated heterocycles. The zero-order chi connectivity index (χ0) is 13.2. The van der Waals surface area contributed by atoms with Gasteiger partial charge in [0.2, 0.25) is 0 Å². The molecule has 1 atom stereocenters. The van der Waals surface area contributed by atoms with Crippen LogP contribution in [0.25, 0.3) is 0 Å². The van der Waals surface area contributed by atoms with Gasteiger partial charge in [-0.05, 0) is 33.6 Å². The van der Waals surface area contributed by atoms with Gasteiger partial charge in [0, 0.05) is 6.54 Å². The van der Waals surface area contributed by atoms with E-state index in [1.807, 2.05) is 20.8 Å². The van der Waals surface area contributed by atoms with Crippen molar-refractivity contribution in [2.24, 2.45) is 0 Å². The summed E-state index contributed by atoms with van der Waals surface area (Å²) in [7, 11) is 0. The van der Waals surface area contributed by atoms with Crippen LogP contribution in [0.2, 0.25) is 0 Å². The first-order valence-corrected chi connectivity index (χ1v) is 6.28. The Morgan fingerprint density at radius 3 is 2.89 bits per heavy atom. The van der Waals surface area contributed by atoms with Crippen molar-refractivity contribution in [2.75, 3.05) is 6.54 Å². The molecule has 1 amide bonds. The lowest BCUT2D eigenvalue weighted by atomic mass is 10.2. The Labute approximate surface area is 107 Å². The summed E-state index contributed by atoms with van der Waals surface area (Å²) in [6.45, 7) is 7.09. The van der Waals surface area contributed by atoms with Crippen LogP contribution in [0.5, 0.6) is 0 Å². The Hall–Kier alpha value is -1.59. The summed E-state index contributed by atoms with van der Waals surface area (Å²) in [6.07, 6.45) is 4.95. The average Bonchev–Trinajstić information content (AvgIpc) is 2.86. The number of amides is 1. The van der Waals surface area contributed by atoms with Gasteiger partial charge in [-0.3, -0.25) is 4.68 Å². The molecule has 0 spiro atoms. The molecule has 0 aliphatic carbocycles. The minimum absolute atomic E-state index is 0.154. The van der Waals surface area contributed by atoms with E-state index in [0.29, 0.717) is 6.54 Å². The maximum Gasteiger partial charge on any atom is 0.410 e. The Morgan fingerprint density at radius 2 is 2.28 bits per heavy atom. The molecule has 1 aromatic heterocycles. The predicted molar refractivity (Wildman–Crippen MR) is 66.0 cm³/mol. The van der Waals surface area contributed by atoms with E-state index in [0.717, 1.165) is 19.4 Å². The molecule has 0 radical (unpaired) electrons. The molecule has 0 saturated carbocycles. The highest BCUT2D eigenvalue weighted by molar-refractivity contribution is 5.68. The van der Waals surface area contributed by atoms with Crippen molar-refractivity contribution in [3.8, 4) is 0 Å². The van der Waals surface area contributed by atoms with Gasteiger partial charge in [-0.2, -0.15) is 5.10 Å². The number of nitrogens with zero attached hydrogens (tertiary/aromatic N) is 4. The quantitative estimate of drug-likeness (QED) is 0.803. The average molecular weight is 252 g/mol. The van der Waals surface area contributed by atoms with E-state index >= 15 is 0 Å². The van der Waals surface area contributed by atoms with Crippen LogP contribution in [0.1, 0.15) is 33.6 Å². The summed E-state index contributed by atoms with van der Waals surface area (Å²) in [5.41, 5.74) is -0.447. The van der Waals surface area contributed by atoms with Crippen LogP contribution in [0.4, 0.5) is 4.79 Å². The molecule has 1 aliphatic heterocycles. The van der Waals surface area contributed by atoms with Crippen LogP contribution in [0.3, 0.4) is 0 Å². The molecular weight excluding hydrogens is 232 g/mol. The summed E-state index contributed by atoms with van der Waals surface area (Å²) in [5, 5.41) is 4.07. The third kappa shape index (κ3) is 3.21. The Morgan fingerprint density at radius 1 is 1.50 bits per heavy atom. The SMILES string of the molecule is CC(C)(C)OC(=O)N1CCC[C@H]1Cn1cncn1. The fourth-order valence-electron chi connectivity index (χ4n) is 2.13. The molecule has 1 aliphatic rings. The van der Waals surface area contributed by atoms with Gasteiger partial charge in [0.1, 0.15) is 18.3 Å². The van der Waals surface area contributed by atoms with Crippen molar-refractivity contribution in [3.05, 3.63) is 12.7 Å². The van der Waals surface area contributed by atoms with Crippen LogP contribution in [0, 0.1) is 0 Å². The monoisotopic (exact) mass is 252 g/mol. The summed E-state index contributed by atoms with van der Waals surface area (Å²) in [6, 6.07) is 0.154. The molecule has 1 fully saturated rings. The van der Waals surface area contributed by atoms with Crippen molar-refractivity contribution in [3.63, 3.8) is 0 Å². The molecule has 1 aromatic rings. The smallest absolute Gasteiger partial charge is 0.410 e. The molecule has 6 heteroatoms. The number of likely N-dealkylation sites (tertiary alicyclic amines) is 1. The fourth-order valence-corrected chi connectivity index (χ4v) is 2.13. The molecule has 2 heterocycles. The zero-order valence-corrected chi connectivity index (χ0v) is 11.2. The van der Waals surface area contributed by atoms with E-state index in [4.69, 9.17) is 4.74 Å². The van der Waals surface area contributed by atoms with Gasteiger partial charge in [0.25, 0.3) is 0 Å². The third-order valence-corrected chi connectivity index (χ3v) is 2.87. The van der Waals surface area contributed by atoms with Crippen LogP contribution < -0.4 is 0 Å². The topological polar surface area (TPSA) is 60.2 Å². The van der Waals surface area contributed by atoms with Crippen LogP contribution in [-0.4, -0.2) is 43.9 Å². The van der Waals surface area contributed by atoms with E-state index in [9.17, 15) is 4.79 Å². The fraction of sp³-hybridized carbons (Fsp3) is 0.750. The highest BCUT2D eigenvalue weighted by atomic mass is 16.6. The third-order valence-electron chi connectivity index (χ3n) is 2.87. The van der Waals surface area contributed by atoms with Crippen LogP contribution in [0.15, 0.2) is 12.7 Å². The molecular formula is C12H20N4O2. The van der Waals surface area contributed by atoms with E-state index in [2.05, 4.69) is 10.1 Å². The van der Waals surface area contributed by atoms with Crippen LogP contribution in [-0.2, 0) is 11.3 Å². The largest absolute Gasteiger partial charge is 0.444 e. The Bertz CT molecular complexity index is 397. The normalized spacial score (nSPS) is 20.2. The lowest BCUT2D eigenvalue weighted by Crippen LogP contribution is -2.41. The highest BCUT2D eigenvalue weighted by Crippen LogP contribution is 2.21. The Balaban J connectivity index is 1.97. The number of carbonyl (C=O) groups excluding carboxylic acids is 1. The predicted octanol–water partition coefficient (Wildman–Crippen LogP) is 1.68. The van der Waals surface area contributed by atoms with Gasteiger partial charge < -0.3 is 9.64 Å². The van der Waals surface area contributed by atoms with E-state index in [-0.39, 0.29) is 12.1 Å². The van der Waals surface area contributed by atoms with E-state index < -0.39 is 5.60 Å². The molecule has 0 bridgehead atoms. The molecule has 0 aromatic carbocycles. The second-order valence-corrected chi connectivity index (χ2v) is 5.59. The molecule has 6 nitrogen and oxygen atoms in total. The summed E-state index contributed by atoms with van der Waals surface area (Å²) >= 11 is 0. The molecule has 18 heavy (non-hydrogen) atoms. The zero-order valence-electron chi connectivity index (χ0n) is 11.2. The van der Waals surface area contributed by atoms with Gasteiger partial charge in [-0.25, -0.2) is 9.78 Å². The number of rotatable bonds is 2. The first-order chi connectivity index (χ1) is 8.46. The van der Waals surface area contributed by atoms with Gasteiger partial charge in [0.05, 0.1) is 12.6 Å². The van der Waals surface area contributed by atoms with Crippen molar-refractivity contribution < 1.29 is 9.53 Å². The van der Waals surface area contributed by atoms with Gasteiger partial charge >= 0.3 is 6.09 Å².